The molecular weight excluding hydrogens is 376 g/mol. The van der Waals surface area contributed by atoms with Gasteiger partial charge in [-0.15, -0.1) is 0 Å². The zero-order chi connectivity index (χ0) is 18.1. The summed E-state index contributed by atoms with van der Waals surface area (Å²) in [6.45, 7) is 8.19. The van der Waals surface area contributed by atoms with Gasteiger partial charge in [-0.25, -0.2) is 0 Å². The van der Waals surface area contributed by atoms with Crippen molar-refractivity contribution < 1.29 is 9.47 Å². The molecule has 0 amide bonds. The third-order valence-corrected chi connectivity index (χ3v) is 5.34. The normalized spacial score (nSPS) is 12.3. The second-order valence-electron chi connectivity index (χ2n) is 6.69. The SMILES string of the molecule is CCCCC(CC)COc1ccc2c(C)c(OCCCBr)ccc2c1. The minimum Gasteiger partial charge on any atom is -0.493 e. The van der Waals surface area contributed by atoms with Crippen LogP contribution >= 0.6 is 15.9 Å². The summed E-state index contributed by atoms with van der Waals surface area (Å²) < 4.78 is 12.0. The molecule has 3 heteroatoms. The first kappa shape index (κ1) is 20.1. The summed E-state index contributed by atoms with van der Waals surface area (Å²) in [5, 5.41) is 3.42. The van der Waals surface area contributed by atoms with Gasteiger partial charge in [0.25, 0.3) is 0 Å². The van der Waals surface area contributed by atoms with Gasteiger partial charge in [0.15, 0.2) is 0 Å². The molecule has 0 bridgehead atoms. The lowest BCUT2D eigenvalue weighted by Crippen LogP contribution is -2.11. The van der Waals surface area contributed by atoms with Crippen LogP contribution in [0.3, 0.4) is 0 Å². The van der Waals surface area contributed by atoms with Crippen LogP contribution in [0.2, 0.25) is 0 Å². The molecule has 0 N–H and O–H groups in total. The number of ether oxygens (including phenoxy) is 2. The second kappa shape index (κ2) is 10.7. The molecule has 2 aromatic rings. The molecule has 2 aromatic carbocycles. The Morgan fingerprint density at radius 3 is 2.60 bits per heavy atom. The van der Waals surface area contributed by atoms with Gasteiger partial charge in [-0.05, 0) is 60.2 Å². The zero-order valence-corrected chi connectivity index (χ0v) is 17.4. The molecule has 0 fully saturated rings. The molecule has 138 valence electrons. The highest BCUT2D eigenvalue weighted by atomic mass is 79.9. The van der Waals surface area contributed by atoms with E-state index in [1.165, 1.54) is 42.0 Å². The van der Waals surface area contributed by atoms with Crippen LogP contribution < -0.4 is 9.47 Å². The highest BCUT2D eigenvalue weighted by Gasteiger charge is 2.09. The number of halogens is 1. The van der Waals surface area contributed by atoms with E-state index in [2.05, 4.69) is 67.0 Å². The highest BCUT2D eigenvalue weighted by Crippen LogP contribution is 2.30. The predicted molar refractivity (Wildman–Crippen MR) is 111 cm³/mol. The Labute approximate surface area is 161 Å². The average Bonchev–Trinajstić information content (AvgIpc) is 2.64. The minimum absolute atomic E-state index is 0.655. The first-order valence-corrected chi connectivity index (χ1v) is 10.7. The third-order valence-electron chi connectivity index (χ3n) is 4.78. The van der Waals surface area contributed by atoms with Crippen LogP contribution in [-0.4, -0.2) is 18.5 Å². The molecule has 0 aliphatic heterocycles. The third kappa shape index (κ3) is 5.91. The largest absolute Gasteiger partial charge is 0.493 e. The monoisotopic (exact) mass is 406 g/mol. The van der Waals surface area contributed by atoms with Gasteiger partial charge < -0.3 is 9.47 Å². The standard InChI is InChI=1S/C22H31BrO2/c1-4-6-8-18(5-2)16-25-20-10-11-21-17(3)22(24-14-7-13-23)12-9-19(21)15-20/h9-12,15,18H,4-8,13-14,16H2,1-3H3. The van der Waals surface area contributed by atoms with Crippen LogP contribution in [0.5, 0.6) is 11.5 Å². The average molecular weight is 407 g/mol. The van der Waals surface area contributed by atoms with Gasteiger partial charge in [0, 0.05) is 5.33 Å². The molecule has 1 atom stereocenters. The number of hydrogen-bond acceptors (Lipinski definition) is 2. The summed E-state index contributed by atoms with van der Waals surface area (Å²) in [6.07, 6.45) is 6.00. The molecule has 1 unspecified atom stereocenters. The van der Waals surface area contributed by atoms with E-state index in [0.717, 1.165) is 36.5 Å². The lowest BCUT2D eigenvalue weighted by Gasteiger charge is -2.16. The molecule has 0 aliphatic carbocycles. The Hall–Kier alpha value is -1.22. The number of unbranched alkanes of at least 4 members (excludes halogenated alkanes) is 1. The van der Waals surface area contributed by atoms with Crippen molar-refractivity contribution in [2.45, 2.75) is 52.9 Å². The van der Waals surface area contributed by atoms with Crippen molar-refractivity contribution in [2.24, 2.45) is 5.92 Å². The summed E-state index contributed by atoms with van der Waals surface area (Å²) in [5.74, 6) is 2.60. The Bertz CT molecular complexity index is 654. The quantitative estimate of drug-likeness (QED) is 0.298. The molecular formula is C22H31BrO2. The zero-order valence-electron chi connectivity index (χ0n) is 15.8. The van der Waals surface area contributed by atoms with Crippen molar-refractivity contribution in [3.8, 4) is 11.5 Å². The Morgan fingerprint density at radius 2 is 1.88 bits per heavy atom. The molecule has 0 radical (unpaired) electrons. The van der Waals surface area contributed by atoms with E-state index in [9.17, 15) is 0 Å². The van der Waals surface area contributed by atoms with Crippen LogP contribution in [0, 0.1) is 12.8 Å². The molecule has 0 aliphatic rings. The fourth-order valence-electron chi connectivity index (χ4n) is 3.04. The van der Waals surface area contributed by atoms with Crippen LogP contribution in [0.15, 0.2) is 30.3 Å². The number of rotatable bonds is 11. The highest BCUT2D eigenvalue weighted by molar-refractivity contribution is 9.09. The molecule has 2 rings (SSSR count). The van der Waals surface area contributed by atoms with Crippen molar-refractivity contribution in [2.75, 3.05) is 18.5 Å². The van der Waals surface area contributed by atoms with Gasteiger partial charge in [0.1, 0.15) is 11.5 Å². The van der Waals surface area contributed by atoms with Gasteiger partial charge in [-0.2, -0.15) is 0 Å². The number of fused-ring (bicyclic) bond motifs is 1. The lowest BCUT2D eigenvalue weighted by atomic mass is 10.0. The number of alkyl halides is 1. The smallest absolute Gasteiger partial charge is 0.122 e. The van der Waals surface area contributed by atoms with Gasteiger partial charge in [0.2, 0.25) is 0 Å². The summed E-state index contributed by atoms with van der Waals surface area (Å²) in [7, 11) is 0. The summed E-state index contributed by atoms with van der Waals surface area (Å²) in [4.78, 5) is 0. The van der Waals surface area contributed by atoms with Gasteiger partial charge in [0.05, 0.1) is 13.2 Å². The van der Waals surface area contributed by atoms with E-state index in [1.54, 1.807) is 0 Å². The maximum Gasteiger partial charge on any atom is 0.122 e. The van der Waals surface area contributed by atoms with E-state index in [-0.39, 0.29) is 0 Å². The van der Waals surface area contributed by atoms with Gasteiger partial charge in [-0.3, -0.25) is 0 Å². The van der Waals surface area contributed by atoms with E-state index in [4.69, 9.17) is 9.47 Å². The fraction of sp³-hybridized carbons (Fsp3) is 0.545. The van der Waals surface area contributed by atoms with Crippen molar-refractivity contribution in [1.29, 1.82) is 0 Å². The minimum atomic E-state index is 0.655. The van der Waals surface area contributed by atoms with Crippen LogP contribution in [-0.2, 0) is 0 Å². The van der Waals surface area contributed by atoms with Gasteiger partial charge in [-0.1, -0.05) is 61.2 Å². The molecule has 0 aromatic heterocycles. The van der Waals surface area contributed by atoms with Gasteiger partial charge >= 0.3 is 0 Å². The predicted octanol–water partition coefficient (Wildman–Crippen LogP) is 6.91. The number of aryl methyl sites for hydroxylation is 1. The Kier molecular flexibility index (Phi) is 8.60. The van der Waals surface area contributed by atoms with Crippen molar-refractivity contribution in [3.05, 3.63) is 35.9 Å². The van der Waals surface area contributed by atoms with Crippen molar-refractivity contribution in [3.63, 3.8) is 0 Å². The topological polar surface area (TPSA) is 18.5 Å². The lowest BCUT2D eigenvalue weighted by molar-refractivity contribution is 0.233. The summed E-state index contributed by atoms with van der Waals surface area (Å²) in [6, 6.07) is 10.6. The second-order valence-corrected chi connectivity index (χ2v) is 7.48. The molecule has 25 heavy (non-hydrogen) atoms. The summed E-state index contributed by atoms with van der Waals surface area (Å²) >= 11 is 3.44. The first-order valence-electron chi connectivity index (χ1n) is 9.54. The van der Waals surface area contributed by atoms with E-state index in [1.807, 2.05) is 0 Å². The Morgan fingerprint density at radius 1 is 1.04 bits per heavy atom. The van der Waals surface area contributed by atoms with Crippen LogP contribution in [0.1, 0.15) is 51.5 Å². The van der Waals surface area contributed by atoms with Crippen molar-refractivity contribution >= 4 is 26.7 Å². The number of hydrogen-bond donors (Lipinski definition) is 0. The molecule has 0 heterocycles. The maximum atomic E-state index is 6.08. The Balaban J connectivity index is 2.05. The van der Waals surface area contributed by atoms with Crippen LogP contribution in [0.25, 0.3) is 10.8 Å². The fourth-order valence-corrected chi connectivity index (χ4v) is 3.27. The summed E-state index contributed by atoms with van der Waals surface area (Å²) in [5.41, 5.74) is 1.20. The van der Waals surface area contributed by atoms with E-state index < -0.39 is 0 Å². The van der Waals surface area contributed by atoms with Crippen LogP contribution in [0.4, 0.5) is 0 Å². The van der Waals surface area contributed by atoms with E-state index in [0.29, 0.717) is 5.92 Å². The number of benzene rings is 2. The molecule has 2 nitrogen and oxygen atoms in total. The molecule has 0 saturated carbocycles. The van der Waals surface area contributed by atoms with Crippen molar-refractivity contribution in [1.82, 2.24) is 0 Å². The first-order chi connectivity index (χ1) is 12.2. The maximum absolute atomic E-state index is 6.08. The molecule has 0 saturated heterocycles. The van der Waals surface area contributed by atoms with E-state index >= 15 is 0 Å². The molecule has 0 spiro atoms.